The molecule has 2 aromatic carbocycles. The number of methoxy groups -OCH3 is 1. The van der Waals surface area contributed by atoms with Gasteiger partial charge in [0.2, 0.25) is 5.78 Å². The standard InChI is InChI=1S/C18H17ClN2O4/c1-25-15-8-7-12(19)10-13(15)18(24)21-14(16(22)17(20)23)9-11-5-3-2-4-6-11/h2-8,10,14H,9H2,1H3,(H2,20,23)(H,21,24)/t14-/m0/s1. The summed E-state index contributed by atoms with van der Waals surface area (Å²) in [6.07, 6.45) is 0.136. The number of primary amides is 1. The number of halogens is 1. The lowest BCUT2D eigenvalue weighted by Gasteiger charge is -2.17. The van der Waals surface area contributed by atoms with Crippen molar-refractivity contribution in [1.29, 1.82) is 0 Å². The monoisotopic (exact) mass is 360 g/mol. The van der Waals surface area contributed by atoms with Crippen LogP contribution in [0.15, 0.2) is 48.5 Å². The molecule has 0 fully saturated rings. The molecule has 0 saturated heterocycles. The molecule has 0 aromatic heterocycles. The minimum absolute atomic E-state index is 0.136. The highest BCUT2D eigenvalue weighted by Gasteiger charge is 2.26. The number of hydrogen-bond donors (Lipinski definition) is 2. The van der Waals surface area contributed by atoms with Crippen molar-refractivity contribution in [3.63, 3.8) is 0 Å². The number of nitrogens with one attached hydrogen (secondary N) is 1. The topological polar surface area (TPSA) is 98.5 Å². The van der Waals surface area contributed by atoms with Crippen LogP contribution in [-0.2, 0) is 16.0 Å². The molecule has 3 N–H and O–H groups in total. The minimum atomic E-state index is -1.11. The number of ketones is 1. The Morgan fingerprint density at radius 3 is 2.44 bits per heavy atom. The number of rotatable bonds is 7. The zero-order valence-electron chi connectivity index (χ0n) is 13.5. The SMILES string of the molecule is COc1ccc(Cl)cc1C(=O)N[C@@H](Cc1ccccc1)C(=O)C(N)=O. The van der Waals surface area contributed by atoms with Gasteiger partial charge in [0.1, 0.15) is 11.8 Å². The number of amides is 2. The van der Waals surface area contributed by atoms with Crippen molar-refractivity contribution < 1.29 is 19.1 Å². The van der Waals surface area contributed by atoms with Gasteiger partial charge < -0.3 is 15.8 Å². The van der Waals surface area contributed by atoms with Crippen LogP contribution in [0.4, 0.5) is 0 Å². The number of nitrogens with two attached hydrogens (primary N) is 1. The van der Waals surface area contributed by atoms with Crippen molar-refractivity contribution in [3.8, 4) is 5.75 Å². The molecule has 0 radical (unpaired) electrons. The van der Waals surface area contributed by atoms with E-state index < -0.39 is 23.6 Å². The summed E-state index contributed by atoms with van der Waals surface area (Å²) in [5.74, 6) is -2.28. The number of carbonyl (C=O) groups excluding carboxylic acids is 3. The molecule has 0 heterocycles. The Balaban J connectivity index is 2.27. The maximum absolute atomic E-state index is 12.6. The summed E-state index contributed by atoms with van der Waals surface area (Å²) in [5, 5.41) is 2.88. The van der Waals surface area contributed by atoms with Crippen LogP contribution >= 0.6 is 11.6 Å². The van der Waals surface area contributed by atoms with Crippen LogP contribution in [0, 0.1) is 0 Å². The van der Waals surface area contributed by atoms with Gasteiger partial charge in [0.25, 0.3) is 11.8 Å². The van der Waals surface area contributed by atoms with Gasteiger partial charge in [-0.25, -0.2) is 0 Å². The van der Waals surface area contributed by atoms with Crippen LogP contribution in [0.25, 0.3) is 0 Å². The summed E-state index contributed by atoms with van der Waals surface area (Å²) in [5.41, 5.74) is 6.04. The van der Waals surface area contributed by atoms with E-state index in [1.807, 2.05) is 6.07 Å². The van der Waals surface area contributed by atoms with E-state index in [9.17, 15) is 14.4 Å². The van der Waals surface area contributed by atoms with E-state index in [0.29, 0.717) is 10.8 Å². The van der Waals surface area contributed by atoms with Gasteiger partial charge in [-0.1, -0.05) is 41.9 Å². The molecule has 0 bridgehead atoms. The second-order valence-electron chi connectivity index (χ2n) is 5.29. The molecule has 1 atom stereocenters. The largest absolute Gasteiger partial charge is 0.496 e. The third kappa shape index (κ3) is 4.81. The van der Waals surface area contributed by atoms with Gasteiger partial charge in [-0.15, -0.1) is 0 Å². The molecular formula is C18H17ClN2O4. The molecule has 0 saturated carbocycles. The molecule has 7 heteroatoms. The Hall–Kier alpha value is -2.86. The Bertz CT molecular complexity index is 793. The van der Waals surface area contributed by atoms with Crippen LogP contribution < -0.4 is 15.8 Å². The van der Waals surface area contributed by atoms with E-state index in [2.05, 4.69) is 5.32 Å². The Morgan fingerprint density at radius 1 is 1.16 bits per heavy atom. The highest BCUT2D eigenvalue weighted by atomic mass is 35.5. The smallest absolute Gasteiger partial charge is 0.287 e. The van der Waals surface area contributed by atoms with Gasteiger partial charge >= 0.3 is 0 Å². The van der Waals surface area contributed by atoms with E-state index in [1.165, 1.54) is 13.2 Å². The second kappa shape index (κ2) is 8.30. The van der Waals surface area contributed by atoms with Crippen molar-refractivity contribution in [2.75, 3.05) is 7.11 Å². The summed E-state index contributed by atoms with van der Waals surface area (Å²) in [6, 6.07) is 12.4. The Kier molecular flexibility index (Phi) is 6.14. The first-order chi connectivity index (χ1) is 11.9. The van der Waals surface area contributed by atoms with Gasteiger partial charge in [0, 0.05) is 11.4 Å². The van der Waals surface area contributed by atoms with E-state index in [1.54, 1.807) is 36.4 Å². The van der Waals surface area contributed by atoms with Crippen LogP contribution in [0.1, 0.15) is 15.9 Å². The molecule has 130 valence electrons. The number of carbonyl (C=O) groups is 3. The summed E-state index contributed by atoms with van der Waals surface area (Å²) in [6.45, 7) is 0. The molecule has 2 amide bonds. The quantitative estimate of drug-likeness (QED) is 0.735. The highest BCUT2D eigenvalue weighted by Crippen LogP contribution is 2.22. The van der Waals surface area contributed by atoms with Crippen molar-refractivity contribution in [2.24, 2.45) is 5.73 Å². The number of benzene rings is 2. The fourth-order valence-electron chi connectivity index (χ4n) is 2.32. The summed E-state index contributed by atoms with van der Waals surface area (Å²) < 4.78 is 5.13. The zero-order valence-corrected chi connectivity index (χ0v) is 14.2. The molecular weight excluding hydrogens is 344 g/mol. The first-order valence-corrected chi connectivity index (χ1v) is 7.82. The Morgan fingerprint density at radius 2 is 1.84 bits per heavy atom. The average molecular weight is 361 g/mol. The molecule has 0 aliphatic rings. The van der Waals surface area contributed by atoms with Gasteiger partial charge in [-0.2, -0.15) is 0 Å². The summed E-state index contributed by atoms with van der Waals surface area (Å²) in [4.78, 5) is 35.9. The maximum Gasteiger partial charge on any atom is 0.287 e. The second-order valence-corrected chi connectivity index (χ2v) is 5.73. The van der Waals surface area contributed by atoms with Gasteiger partial charge in [-0.05, 0) is 23.8 Å². The lowest BCUT2D eigenvalue weighted by Crippen LogP contribution is -2.47. The lowest BCUT2D eigenvalue weighted by atomic mass is 10.0. The predicted octanol–water partition coefficient (Wildman–Crippen LogP) is 1.74. The van der Waals surface area contributed by atoms with Crippen LogP contribution in [0.3, 0.4) is 0 Å². The number of Topliss-reactive ketones (excluding diaryl/α,β-unsaturated/α-hetero) is 1. The van der Waals surface area contributed by atoms with E-state index in [0.717, 1.165) is 5.56 Å². The summed E-state index contributed by atoms with van der Waals surface area (Å²) in [7, 11) is 1.41. The average Bonchev–Trinajstić information content (AvgIpc) is 2.61. The maximum atomic E-state index is 12.6. The van der Waals surface area contributed by atoms with Crippen molar-refractivity contribution in [2.45, 2.75) is 12.5 Å². The van der Waals surface area contributed by atoms with Crippen molar-refractivity contribution in [3.05, 3.63) is 64.7 Å². The molecule has 0 aliphatic carbocycles. The fourth-order valence-corrected chi connectivity index (χ4v) is 2.50. The molecule has 0 spiro atoms. The Labute approximate surface area is 149 Å². The van der Waals surface area contributed by atoms with E-state index >= 15 is 0 Å². The van der Waals surface area contributed by atoms with Gasteiger partial charge in [0.15, 0.2) is 0 Å². The first-order valence-electron chi connectivity index (χ1n) is 7.44. The fraction of sp³-hybridized carbons (Fsp3) is 0.167. The van der Waals surface area contributed by atoms with Crippen LogP contribution in [0.5, 0.6) is 5.75 Å². The van der Waals surface area contributed by atoms with Gasteiger partial charge in [-0.3, -0.25) is 14.4 Å². The summed E-state index contributed by atoms with van der Waals surface area (Å²) >= 11 is 5.92. The molecule has 2 rings (SSSR count). The lowest BCUT2D eigenvalue weighted by molar-refractivity contribution is -0.137. The van der Waals surface area contributed by atoms with Crippen LogP contribution in [-0.4, -0.2) is 30.7 Å². The molecule has 0 unspecified atom stereocenters. The number of hydrogen-bond acceptors (Lipinski definition) is 4. The van der Waals surface area contributed by atoms with E-state index in [-0.39, 0.29) is 12.0 Å². The van der Waals surface area contributed by atoms with Crippen LogP contribution in [0.2, 0.25) is 5.02 Å². The number of ether oxygens (including phenoxy) is 1. The van der Waals surface area contributed by atoms with E-state index in [4.69, 9.17) is 22.1 Å². The molecule has 25 heavy (non-hydrogen) atoms. The van der Waals surface area contributed by atoms with Gasteiger partial charge in [0.05, 0.1) is 12.7 Å². The first kappa shape index (κ1) is 18.5. The van der Waals surface area contributed by atoms with Crippen molar-refractivity contribution >= 4 is 29.2 Å². The zero-order chi connectivity index (χ0) is 18.4. The highest BCUT2D eigenvalue weighted by molar-refractivity contribution is 6.38. The predicted molar refractivity (Wildman–Crippen MR) is 93.6 cm³/mol. The normalized spacial score (nSPS) is 11.4. The minimum Gasteiger partial charge on any atom is -0.496 e. The molecule has 2 aromatic rings. The third-order valence-corrected chi connectivity index (χ3v) is 3.79. The molecule has 0 aliphatic heterocycles. The third-order valence-electron chi connectivity index (χ3n) is 3.55. The van der Waals surface area contributed by atoms with Crippen molar-refractivity contribution in [1.82, 2.24) is 5.32 Å². The molecule has 6 nitrogen and oxygen atoms in total.